The van der Waals surface area contributed by atoms with E-state index in [0.717, 1.165) is 69.3 Å². The fourth-order valence-electron chi connectivity index (χ4n) is 3.06. The highest BCUT2D eigenvalue weighted by atomic mass is 127. The third-order valence-electron chi connectivity index (χ3n) is 4.49. The van der Waals surface area contributed by atoms with Crippen LogP contribution in [0.15, 0.2) is 29.3 Å². The van der Waals surface area contributed by atoms with E-state index in [4.69, 9.17) is 4.74 Å². The number of halogens is 4. The molecule has 1 aliphatic heterocycles. The van der Waals surface area contributed by atoms with Crippen molar-refractivity contribution in [3.63, 3.8) is 0 Å². The number of nitrogens with zero attached hydrogens (tertiary/aromatic N) is 2. The molecular weight excluding hydrogens is 484 g/mol. The monoisotopic (exact) mass is 514 g/mol. The smallest absolute Gasteiger partial charge is 0.382 e. The van der Waals surface area contributed by atoms with Crippen molar-refractivity contribution in [3.05, 3.63) is 35.4 Å². The van der Waals surface area contributed by atoms with E-state index in [1.807, 2.05) is 6.92 Å². The first-order valence-corrected chi connectivity index (χ1v) is 9.35. The third-order valence-corrected chi connectivity index (χ3v) is 4.49. The van der Waals surface area contributed by atoms with Gasteiger partial charge < -0.3 is 15.4 Å². The van der Waals surface area contributed by atoms with Crippen LogP contribution in [0, 0.1) is 0 Å². The molecule has 0 spiro atoms. The highest BCUT2D eigenvalue weighted by molar-refractivity contribution is 14.0. The van der Waals surface area contributed by atoms with Gasteiger partial charge in [0.1, 0.15) is 0 Å². The molecular formula is C19H30F3IN4O. The van der Waals surface area contributed by atoms with E-state index in [1.54, 1.807) is 19.2 Å². The molecule has 2 rings (SSSR count). The van der Waals surface area contributed by atoms with Gasteiger partial charge in [0.15, 0.2) is 5.96 Å². The Morgan fingerprint density at radius 3 is 2.61 bits per heavy atom. The van der Waals surface area contributed by atoms with E-state index >= 15 is 0 Å². The summed E-state index contributed by atoms with van der Waals surface area (Å²) >= 11 is 0. The van der Waals surface area contributed by atoms with Crippen LogP contribution in [0.2, 0.25) is 0 Å². The molecule has 1 fully saturated rings. The molecule has 1 atom stereocenters. The van der Waals surface area contributed by atoms with Gasteiger partial charge in [0.25, 0.3) is 0 Å². The molecule has 1 saturated heterocycles. The summed E-state index contributed by atoms with van der Waals surface area (Å²) < 4.78 is 43.2. The second-order valence-corrected chi connectivity index (χ2v) is 6.61. The molecule has 28 heavy (non-hydrogen) atoms. The lowest BCUT2D eigenvalue weighted by molar-refractivity contribution is -0.137. The van der Waals surface area contributed by atoms with Gasteiger partial charge in [-0.2, -0.15) is 13.2 Å². The molecule has 0 bridgehead atoms. The Labute approximate surface area is 182 Å². The summed E-state index contributed by atoms with van der Waals surface area (Å²) in [7, 11) is 1.74. The minimum absolute atomic E-state index is 0. The predicted octanol–water partition coefficient (Wildman–Crippen LogP) is 3.49. The lowest BCUT2D eigenvalue weighted by Gasteiger charge is -2.19. The van der Waals surface area contributed by atoms with Gasteiger partial charge in [-0.25, -0.2) is 0 Å². The van der Waals surface area contributed by atoms with Crippen LogP contribution >= 0.6 is 24.0 Å². The van der Waals surface area contributed by atoms with Crippen molar-refractivity contribution in [2.45, 2.75) is 38.5 Å². The zero-order chi connectivity index (χ0) is 19.7. The quantitative estimate of drug-likeness (QED) is 0.242. The number of likely N-dealkylation sites (tertiary alicyclic amines) is 1. The zero-order valence-electron chi connectivity index (χ0n) is 16.4. The van der Waals surface area contributed by atoms with Crippen molar-refractivity contribution < 1.29 is 17.9 Å². The molecule has 1 unspecified atom stereocenters. The first-order chi connectivity index (χ1) is 12.9. The number of hydrogen-bond donors (Lipinski definition) is 2. The van der Waals surface area contributed by atoms with Crippen LogP contribution in [0.5, 0.6) is 0 Å². The second kappa shape index (κ2) is 12.5. The van der Waals surface area contributed by atoms with Crippen molar-refractivity contribution >= 4 is 29.9 Å². The summed E-state index contributed by atoms with van der Waals surface area (Å²) in [5, 5.41) is 6.68. The lowest BCUT2D eigenvalue weighted by atomic mass is 10.1. The molecule has 9 heteroatoms. The van der Waals surface area contributed by atoms with Gasteiger partial charge in [-0.05, 0) is 37.5 Å². The fraction of sp³-hybridized carbons (Fsp3) is 0.632. The Balaban J connectivity index is 0.00000392. The van der Waals surface area contributed by atoms with Gasteiger partial charge in [0.2, 0.25) is 0 Å². The van der Waals surface area contributed by atoms with Gasteiger partial charge in [-0.15, -0.1) is 24.0 Å². The Morgan fingerprint density at radius 2 is 2.00 bits per heavy atom. The molecule has 0 amide bonds. The molecule has 0 radical (unpaired) electrons. The van der Waals surface area contributed by atoms with Crippen LogP contribution in [0.1, 0.15) is 30.9 Å². The number of ether oxygens (including phenoxy) is 1. The number of aliphatic imine (C=N–C) groups is 1. The van der Waals surface area contributed by atoms with Crippen LogP contribution in [0.3, 0.4) is 0 Å². The zero-order valence-corrected chi connectivity index (χ0v) is 18.7. The van der Waals surface area contributed by atoms with Crippen molar-refractivity contribution in [1.82, 2.24) is 15.5 Å². The SMILES string of the molecule is CCOCCCNC(=NC)NC1CCN(Cc2ccc(C(F)(F)F)cc2)C1.I. The van der Waals surface area contributed by atoms with Crippen molar-refractivity contribution in [3.8, 4) is 0 Å². The summed E-state index contributed by atoms with van der Waals surface area (Å²) in [6, 6.07) is 5.69. The van der Waals surface area contributed by atoms with Crippen LogP contribution in [-0.2, 0) is 17.5 Å². The summed E-state index contributed by atoms with van der Waals surface area (Å²) in [6.07, 6.45) is -2.40. The fourth-order valence-corrected chi connectivity index (χ4v) is 3.06. The second-order valence-electron chi connectivity index (χ2n) is 6.61. The van der Waals surface area contributed by atoms with Crippen LogP contribution in [0.4, 0.5) is 13.2 Å². The molecule has 0 aromatic heterocycles. The molecule has 0 saturated carbocycles. The van der Waals surface area contributed by atoms with E-state index in [9.17, 15) is 13.2 Å². The standard InChI is InChI=1S/C19H29F3N4O.HI/c1-3-27-12-4-10-24-18(23-2)25-17-9-11-26(14-17)13-15-5-7-16(8-6-15)19(20,21)22;/h5-8,17H,3-4,9-14H2,1-2H3,(H2,23,24,25);1H. The van der Waals surface area contributed by atoms with Gasteiger partial charge in [-0.3, -0.25) is 9.89 Å². The Bertz CT molecular complexity index is 596. The van der Waals surface area contributed by atoms with E-state index in [-0.39, 0.29) is 30.0 Å². The Morgan fingerprint density at radius 1 is 1.29 bits per heavy atom. The van der Waals surface area contributed by atoms with E-state index in [0.29, 0.717) is 6.54 Å². The maximum absolute atomic E-state index is 12.6. The minimum Gasteiger partial charge on any atom is -0.382 e. The first kappa shape index (κ1) is 25.0. The van der Waals surface area contributed by atoms with E-state index in [1.165, 1.54) is 0 Å². The molecule has 160 valence electrons. The highest BCUT2D eigenvalue weighted by Gasteiger charge is 2.30. The normalized spacial score (nSPS) is 18.0. The predicted molar refractivity (Wildman–Crippen MR) is 116 cm³/mol. The van der Waals surface area contributed by atoms with Crippen LogP contribution in [0.25, 0.3) is 0 Å². The third kappa shape index (κ3) is 8.52. The number of alkyl halides is 3. The molecule has 1 heterocycles. The molecule has 1 aliphatic rings. The van der Waals surface area contributed by atoms with Gasteiger partial charge in [-0.1, -0.05) is 12.1 Å². The van der Waals surface area contributed by atoms with Gasteiger partial charge in [0.05, 0.1) is 5.56 Å². The molecule has 0 aliphatic carbocycles. The molecule has 1 aromatic carbocycles. The van der Waals surface area contributed by atoms with Crippen molar-refractivity contribution in [1.29, 1.82) is 0 Å². The molecule has 1 aromatic rings. The van der Waals surface area contributed by atoms with Crippen LogP contribution < -0.4 is 10.6 Å². The summed E-state index contributed by atoms with van der Waals surface area (Å²) in [5.74, 6) is 0.771. The van der Waals surface area contributed by atoms with Gasteiger partial charge in [0, 0.05) is 52.5 Å². The largest absolute Gasteiger partial charge is 0.416 e. The highest BCUT2D eigenvalue weighted by Crippen LogP contribution is 2.29. The molecule has 2 N–H and O–H groups in total. The lowest BCUT2D eigenvalue weighted by Crippen LogP contribution is -2.44. The summed E-state index contributed by atoms with van der Waals surface area (Å²) in [6.45, 7) is 6.61. The topological polar surface area (TPSA) is 48.9 Å². The summed E-state index contributed by atoms with van der Waals surface area (Å²) in [5.41, 5.74) is 0.286. The van der Waals surface area contributed by atoms with Gasteiger partial charge >= 0.3 is 6.18 Å². The maximum atomic E-state index is 12.6. The number of nitrogens with one attached hydrogen (secondary N) is 2. The average molecular weight is 514 g/mol. The Kier molecular flexibility index (Phi) is 11.1. The number of hydrogen-bond acceptors (Lipinski definition) is 3. The summed E-state index contributed by atoms with van der Waals surface area (Å²) in [4.78, 5) is 6.48. The maximum Gasteiger partial charge on any atom is 0.416 e. The Hall–Kier alpha value is -1.07. The minimum atomic E-state index is -4.28. The van der Waals surface area contributed by atoms with Crippen molar-refractivity contribution in [2.75, 3.05) is 39.9 Å². The molecule has 5 nitrogen and oxygen atoms in total. The van der Waals surface area contributed by atoms with E-state index in [2.05, 4.69) is 20.5 Å². The number of guanidine groups is 1. The average Bonchev–Trinajstić information content (AvgIpc) is 3.07. The van der Waals surface area contributed by atoms with E-state index < -0.39 is 11.7 Å². The van der Waals surface area contributed by atoms with Crippen molar-refractivity contribution in [2.24, 2.45) is 4.99 Å². The number of benzene rings is 1. The van der Waals surface area contributed by atoms with Crippen LogP contribution in [-0.4, -0.2) is 56.8 Å². The first-order valence-electron chi connectivity index (χ1n) is 9.35. The number of rotatable bonds is 8.